The third-order valence-electron chi connectivity index (χ3n) is 6.15. The van der Waals surface area contributed by atoms with Gasteiger partial charge in [0.15, 0.2) is 0 Å². The van der Waals surface area contributed by atoms with Crippen LogP contribution >= 0.6 is 11.6 Å². The van der Waals surface area contributed by atoms with E-state index in [2.05, 4.69) is 28.1 Å². The molecule has 1 atom stereocenters. The van der Waals surface area contributed by atoms with Crippen molar-refractivity contribution in [3.63, 3.8) is 0 Å². The Morgan fingerprint density at radius 3 is 2.63 bits per heavy atom. The Labute approximate surface area is 183 Å². The number of carbonyl (C=O) groups excluding carboxylic acids is 1. The first-order chi connectivity index (χ1) is 14.5. The summed E-state index contributed by atoms with van der Waals surface area (Å²) < 4.78 is 0. The lowest BCUT2D eigenvalue weighted by atomic mass is 9.87. The van der Waals surface area contributed by atoms with Gasteiger partial charge >= 0.3 is 0 Å². The van der Waals surface area contributed by atoms with Gasteiger partial charge in [-0.1, -0.05) is 35.9 Å². The molecule has 1 aliphatic heterocycles. The van der Waals surface area contributed by atoms with Gasteiger partial charge in [-0.15, -0.1) is 0 Å². The third-order valence-corrected chi connectivity index (χ3v) is 6.39. The van der Waals surface area contributed by atoms with Gasteiger partial charge < -0.3 is 9.80 Å². The Hall–Kier alpha value is -2.40. The molecular weight excluding hydrogens is 396 g/mol. The zero-order chi connectivity index (χ0) is 21.1. The highest BCUT2D eigenvalue weighted by atomic mass is 35.5. The van der Waals surface area contributed by atoms with Gasteiger partial charge in [0.25, 0.3) is 0 Å². The number of allylic oxidation sites excluding steroid dienone is 2. The fourth-order valence-corrected chi connectivity index (χ4v) is 4.63. The largest absolute Gasteiger partial charge is 0.347 e. The number of halogens is 1. The van der Waals surface area contributed by atoms with Gasteiger partial charge in [-0.2, -0.15) is 0 Å². The summed E-state index contributed by atoms with van der Waals surface area (Å²) in [6.07, 6.45) is 11.0. The van der Waals surface area contributed by atoms with Crippen LogP contribution < -0.4 is 4.90 Å². The van der Waals surface area contributed by atoms with Crippen molar-refractivity contribution in [3.05, 3.63) is 53.3 Å². The average molecular weight is 425 g/mol. The Morgan fingerprint density at radius 2 is 1.97 bits per heavy atom. The van der Waals surface area contributed by atoms with Crippen LogP contribution in [0.5, 0.6) is 0 Å². The van der Waals surface area contributed by atoms with Crippen molar-refractivity contribution in [2.45, 2.75) is 38.0 Å². The van der Waals surface area contributed by atoms with Gasteiger partial charge in [0.1, 0.15) is 0 Å². The molecule has 4 rings (SSSR count). The van der Waals surface area contributed by atoms with E-state index in [1.807, 2.05) is 43.4 Å². The van der Waals surface area contributed by atoms with Gasteiger partial charge in [0.05, 0.1) is 5.69 Å². The molecule has 6 heteroatoms. The smallest absolute Gasteiger partial charge is 0.226 e. The molecular formula is C24H29ClN4O. The Morgan fingerprint density at radius 1 is 1.17 bits per heavy atom. The van der Waals surface area contributed by atoms with Crippen molar-refractivity contribution < 1.29 is 4.79 Å². The van der Waals surface area contributed by atoms with E-state index < -0.39 is 0 Å². The zero-order valence-electron chi connectivity index (χ0n) is 17.7. The summed E-state index contributed by atoms with van der Waals surface area (Å²) in [5, 5.41) is 0.706. The molecule has 1 aliphatic carbocycles. The molecule has 0 radical (unpaired) electrons. The summed E-state index contributed by atoms with van der Waals surface area (Å²) in [5.41, 5.74) is 3.13. The SMILES string of the molecule is CN(C)c1ncc(-c2cccc(Cl)c2)c(C2CCN(C(=O)[C@@H]3CC=CCC3)CC2)n1. The Kier molecular flexibility index (Phi) is 6.38. The molecule has 0 unspecified atom stereocenters. The lowest BCUT2D eigenvalue weighted by Crippen LogP contribution is -2.41. The quantitative estimate of drug-likeness (QED) is 0.653. The number of likely N-dealkylation sites (tertiary alicyclic amines) is 1. The summed E-state index contributed by atoms with van der Waals surface area (Å²) in [6.45, 7) is 1.58. The fraction of sp³-hybridized carbons (Fsp3) is 0.458. The molecule has 0 N–H and O–H groups in total. The molecule has 2 heterocycles. The number of piperidine rings is 1. The topological polar surface area (TPSA) is 49.3 Å². The molecule has 1 amide bonds. The highest BCUT2D eigenvalue weighted by Gasteiger charge is 2.30. The van der Waals surface area contributed by atoms with Crippen LogP contribution in [0.1, 0.15) is 43.7 Å². The summed E-state index contributed by atoms with van der Waals surface area (Å²) in [7, 11) is 3.91. The molecule has 30 heavy (non-hydrogen) atoms. The van der Waals surface area contributed by atoms with Crippen LogP contribution in [-0.2, 0) is 4.79 Å². The number of amides is 1. The van der Waals surface area contributed by atoms with Gasteiger partial charge in [-0.3, -0.25) is 4.79 Å². The van der Waals surface area contributed by atoms with Crippen molar-refractivity contribution in [1.82, 2.24) is 14.9 Å². The van der Waals surface area contributed by atoms with Crippen LogP contribution in [0.4, 0.5) is 5.95 Å². The summed E-state index contributed by atoms with van der Waals surface area (Å²) in [5.74, 6) is 1.50. The van der Waals surface area contributed by atoms with E-state index in [0.717, 1.165) is 62.0 Å². The van der Waals surface area contributed by atoms with E-state index in [1.165, 1.54) is 0 Å². The normalized spacial score (nSPS) is 19.7. The Bertz CT molecular complexity index is 935. The van der Waals surface area contributed by atoms with Crippen molar-refractivity contribution in [3.8, 4) is 11.1 Å². The number of hydrogen-bond acceptors (Lipinski definition) is 4. The molecule has 1 saturated heterocycles. The predicted molar refractivity (Wildman–Crippen MR) is 122 cm³/mol. The molecule has 0 bridgehead atoms. The maximum absolute atomic E-state index is 12.9. The minimum Gasteiger partial charge on any atom is -0.347 e. The zero-order valence-corrected chi connectivity index (χ0v) is 18.5. The molecule has 2 aromatic rings. The second-order valence-corrected chi connectivity index (χ2v) is 8.89. The first-order valence-electron chi connectivity index (χ1n) is 10.8. The first kappa shape index (κ1) is 20.9. The number of carbonyl (C=O) groups is 1. The maximum Gasteiger partial charge on any atom is 0.226 e. The van der Waals surface area contributed by atoms with Crippen molar-refractivity contribution in [2.24, 2.45) is 5.92 Å². The monoisotopic (exact) mass is 424 g/mol. The molecule has 2 aliphatic rings. The number of rotatable bonds is 4. The lowest BCUT2D eigenvalue weighted by molar-refractivity contribution is -0.136. The predicted octanol–water partition coefficient (Wildman–Crippen LogP) is 4.93. The molecule has 0 saturated carbocycles. The van der Waals surface area contributed by atoms with Gasteiger partial charge in [-0.25, -0.2) is 9.97 Å². The van der Waals surface area contributed by atoms with E-state index in [4.69, 9.17) is 16.6 Å². The number of anilines is 1. The Balaban J connectivity index is 1.55. The minimum absolute atomic E-state index is 0.160. The van der Waals surface area contributed by atoms with E-state index in [9.17, 15) is 4.79 Å². The number of nitrogens with zero attached hydrogens (tertiary/aromatic N) is 4. The molecule has 1 fully saturated rings. The van der Waals surface area contributed by atoms with E-state index in [-0.39, 0.29) is 5.92 Å². The first-order valence-corrected chi connectivity index (χ1v) is 11.1. The summed E-state index contributed by atoms with van der Waals surface area (Å²) in [4.78, 5) is 26.4. The van der Waals surface area contributed by atoms with E-state index in [0.29, 0.717) is 22.8 Å². The molecule has 0 spiro atoms. The maximum atomic E-state index is 12.9. The van der Waals surface area contributed by atoms with Crippen LogP contribution in [0.3, 0.4) is 0 Å². The standard InChI is InChI=1S/C24H29ClN4O/c1-28(2)24-26-16-21(19-9-6-10-20(25)15-19)22(27-24)17-11-13-29(14-12-17)23(30)18-7-4-3-5-8-18/h3-4,6,9-10,15-18H,5,7-8,11-14H2,1-2H3/t18-/m1/s1. The lowest BCUT2D eigenvalue weighted by Gasteiger charge is -2.35. The van der Waals surface area contributed by atoms with Gasteiger partial charge in [0, 0.05) is 55.8 Å². The van der Waals surface area contributed by atoms with Crippen LogP contribution in [0.25, 0.3) is 11.1 Å². The van der Waals surface area contributed by atoms with Crippen LogP contribution in [-0.4, -0.2) is 48.0 Å². The fourth-order valence-electron chi connectivity index (χ4n) is 4.44. The number of benzene rings is 1. The summed E-state index contributed by atoms with van der Waals surface area (Å²) >= 11 is 6.24. The van der Waals surface area contributed by atoms with Crippen LogP contribution in [0, 0.1) is 5.92 Å². The second-order valence-electron chi connectivity index (χ2n) is 8.45. The highest BCUT2D eigenvalue weighted by molar-refractivity contribution is 6.30. The summed E-state index contributed by atoms with van der Waals surface area (Å²) in [6, 6.07) is 7.86. The van der Waals surface area contributed by atoms with E-state index in [1.54, 1.807) is 0 Å². The average Bonchev–Trinajstić information content (AvgIpc) is 2.79. The number of aromatic nitrogens is 2. The minimum atomic E-state index is 0.160. The van der Waals surface area contributed by atoms with Crippen LogP contribution in [0.15, 0.2) is 42.6 Å². The third kappa shape index (κ3) is 4.51. The molecule has 1 aromatic heterocycles. The second kappa shape index (κ2) is 9.17. The van der Waals surface area contributed by atoms with Crippen molar-refractivity contribution in [1.29, 1.82) is 0 Å². The molecule has 1 aromatic carbocycles. The molecule has 5 nitrogen and oxygen atoms in total. The number of hydrogen-bond donors (Lipinski definition) is 0. The van der Waals surface area contributed by atoms with E-state index >= 15 is 0 Å². The van der Waals surface area contributed by atoms with Crippen molar-refractivity contribution >= 4 is 23.5 Å². The van der Waals surface area contributed by atoms with Crippen LogP contribution in [0.2, 0.25) is 5.02 Å². The van der Waals surface area contributed by atoms with Crippen molar-refractivity contribution in [2.75, 3.05) is 32.1 Å². The van der Waals surface area contributed by atoms with Gasteiger partial charge in [0.2, 0.25) is 11.9 Å². The highest BCUT2D eigenvalue weighted by Crippen LogP contribution is 2.36. The molecule has 158 valence electrons. The van der Waals surface area contributed by atoms with Gasteiger partial charge in [-0.05, 0) is 49.8 Å².